The number of non-ortho nitro benzene ring substituents is 1. The van der Waals surface area contributed by atoms with Crippen molar-refractivity contribution in [1.29, 1.82) is 0 Å². The van der Waals surface area contributed by atoms with Gasteiger partial charge in [0.2, 0.25) is 0 Å². The Kier molecular flexibility index (Phi) is 12.4. The van der Waals surface area contributed by atoms with E-state index < -0.39 is 34.8 Å². The van der Waals surface area contributed by atoms with Crippen LogP contribution in [0.2, 0.25) is 0 Å². The molecule has 1 amide bonds. The molecule has 1 atom stereocenters. The Hall–Kier alpha value is -3.37. The van der Waals surface area contributed by atoms with Crippen molar-refractivity contribution in [3.63, 3.8) is 0 Å². The van der Waals surface area contributed by atoms with Gasteiger partial charge in [0.1, 0.15) is 30.6 Å². The summed E-state index contributed by atoms with van der Waals surface area (Å²) in [5, 5.41) is 13.0. The second-order valence-electron chi connectivity index (χ2n) is 7.49. The summed E-state index contributed by atoms with van der Waals surface area (Å²) in [4.78, 5) is 45.6. The summed E-state index contributed by atoms with van der Waals surface area (Å²) in [6, 6.07) is 3.90. The zero-order valence-corrected chi connectivity index (χ0v) is 19.5. The third kappa shape index (κ3) is 11.7. The van der Waals surface area contributed by atoms with Crippen LogP contribution in [0.15, 0.2) is 24.3 Å². The summed E-state index contributed by atoms with van der Waals surface area (Å²) in [6.45, 7) is 12.0. The number of esters is 1. The third-order valence-electron chi connectivity index (χ3n) is 3.39. The lowest BCUT2D eigenvalue weighted by Gasteiger charge is -2.24. The van der Waals surface area contributed by atoms with Crippen molar-refractivity contribution in [3.05, 3.63) is 34.4 Å². The lowest BCUT2D eigenvalue weighted by molar-refractivity contribution is -0.384. The maximum Gasteiger partial charge on any atom is 0.513 e. The van der Waals surface area contributed by atoms with Crippen LogP contribution in [-0.4, -0.2) is 48.0 Å². The van der Waals surface area contributed by atoms with Gasteiger partial charge in [-0.3, -0.25) is 10.1 Å². The molecule has 0 heterocycles. The zero-order valence-electron chi connectivity index (χ0n) is 19.5. The van der Waals surface area contributed by atoms with Gasteiger partial charge in [-0.2, -0.15) is 0 Å². The minimum absolute atomic E-state index is 0.0593. The highest BCUT2D eigenvalue weighted by Crippen LogP contribution is 2.17. The van der Waals surface area contributed by atoms with Crippen molar-refractivity contribution < 1.29 is 38.3 Å². The van der Waals surface area contributed by atoms with Gasteiger partial charge in [0.05, 0.1) is 4.92 Å². The molecule has 11 nitrogen and oxygen atoms in total. The van der Waals surface area contributed by atoms with Gasteiger partial charge in [0.25, 0.3) is 5.69 Å². The van der Waals surface area contributed by atoms with Crippen LogP contribution in [0.25, 0.3) is 0 Å². The van der Waals surface area contributed by atoms with Crippen LogP contribution in [0.4, 0.5) is 15.3 Å². The maximum absolute atomic E-state index is 12.2. The van der Waals surface area contributed by atoms with Crippen LogP contribution >= 0.6 is 0 Å². The number of nitrogens with one attached hydrogen (secondary N) is 1. The first-order valence-corrected chi connectivity index (χ1v) is 10.1. The molecule has 1 aromatic carbocycles. The fourth-order valence-corrected chi connectivity index (χ4v) is 2.05. The van der Waals surface area contributed by atoms with Gasteiger partial charge in [-0.05, 0) is 38.8 Å². The Morgan fingerprint density at radius 1 is 1.03 bits per heavy atom. The second kappa shape index (κ2) is 13.8. The van der Waals surface area contributed by atoms with E-state index in [0.717, 1.165) is 0 Å². The molecular formula is C21H32N2O9. The molecular weight excluding hydrogens is 424 g/mol. The molecule has 0 fully saturated rings. The van der Waals surface area contributed by atoms with Crippen molar-refractivity contribution in [3.8, 4) is 5.75 Å². The largest absolute Gasteiger partial charge is 0.513 e. The van der Waals surface area contributed by atoms with E-state index in [1.165, 1.54) is 24.3 Å². The smallest absolute Gasteiger partial charge is 0.461 e. The fourth-order valence-electron chi connectivity index (χ4n) is 2.05. The number of alkyl carbamates (subject to hydrolysis) is 1. The van der Waals surface area contributed by atoms with Crippen LogP contribution in [0.3, 0.4) is 0 Å². The molecule has 0 saturated carbocycles. The van der Waals surface area contributed by atoms with Crippen LogP contribution in [0, 0.1) is 16.0 Å². The number of ether oxygens (including phenoxy) is 4. The average molecular weight is 456 g/mol. The monoisotopic (exact) mass is 456 g/mol. The predicted octanol–water partition coefficient (Wildman–Crippen LogP) is 4.23. The maximum atomic E-state index is 12.2. The molecule has 1 rings (SSSR count). The summed E-state index contributed by atoms with van der Waals surface area (Å²) in [5.74, 6) is -0.912. The Morgan fingerprint density at radius 2 is 1.56 bits per heavy atom. The molecule has 0 aliphatic heterocycles. The van der Waals surface area contributed by atoms with E-state index in [1.54, 1.807) is 34.6 Å². The molecule has 0 aliphatic carbocycles. The summed E-state index contributed by atoms with van der Waals surface area (Å²) < 4.78 is 19.8. The molecule has 0 aliphatic rings. The van der Waals surface area contributed by atoms with E-state index in [0.29, 0.717) is 0 Å². The van der Waals surface area contributed by atoms with Crippen LogP contribution in [-0.2, 0) is 19.0 Å². The van der Waals surface area contributed by atoms with Gasteiger partial charge < -0.3 is 24.3 Å². The predicted molar refractivity (Wildman–Crippen MR) is 115 cm³/mol. The van der Waals surface area contributed by atoms with Gasteiger partial charge in [0.15, 0.2) is 0 Å². The first kappa shape index (κ1) is 28.6. The SMILES string of the molecule is CC.CC(C)C(NC(=O)OC(C)(C)C)C(=O)OCCOC(=O)Oc1ccc([N+](=O)[O-])cc1. The van der Waals surface area contributed by atoms with E-state index >= 15 is 0 Å². The first-order chi connectivity index (χ1) is 14.9. The van der Waals surface area contributed by atoms with Gasteiger partial charge in [-0.15, -0.1) is 0 Å². The number of carbonyl (C=O) groups excluding carboxylic acids is 3. The van der Waals surface area contributed by atoms with Crippen molar-refractivity contribution >= 4 is 23.9 Å². The van der Waals surface area contributed by atoms with Crippen molar-refractivity contribution in [1.82, 2.24) is 5.32 Å². The van der Waals surface area contributed by atoms with Crippen LogP contribution in [0.5, 0.6) is 5.75 Å². The Bertz CT molecular complexity index is 756. The number of nitro groups is 1. The standard InChI is InChI=1S/C19H26N2O9.C2H6/c1-12(2)15(20-17(23)30-19(3,4)5)16(22)27-10-11-28-18(24)29-14-8-6-13(7-9-14)21(25)26;1-2/h6-9,12,15H,10-11H2,1-5H3,(H,20,23);1-2H3. The average Bonchev–Trinajstić information content (AvgIpc) is 2.69. The molecule has 180 valence electrons. The topological polar surface area (TPSA) is 143 Å². The molecule has 0 aromatic heterocycles. The highest BCUT2D eigenvalue weighted by molar-refractivity contribution is 5.81. The number of benzene rings is 1. The molecule has 0 spiro atoms. The number of hydrogen-bond donors (Lipinski definition) is 1. The summed E-state index contributed by atoms with van der Waals surface area (Å²) >= 11 is 0. The molecule has 0 bridgehead atoms. The normalized spacial score (nSPS) is 11.4. The summed E-state index contributed by atoms with van der Waals surface area (Å²) in [5.41, 5.74) is -0.866. The lowest BCUT2D eigenvalue weighted by atomic mass is 10.1. The zero-order chi connectivity index (χ0) is 24.9. The number of hydrogen-bond acceptors (Lipinski definition) is 9. The summed E-state index contributed by atoms with van der Waals surface area (Å²) in [7, 11) is 0. The van der Waals surface area contributed by atoms with Gasteiger partial charge in [-0.25, -0.2) is 14.4 Å². The third-order valence-corrected chi connectivity index (χ3v) is 3.39. The minimum Gasteiger partial charge on any atom is -0.461 e. The van der Waals surface area contributed by atoms with E-state index in [-0.39, 0.29) is 30.6 Å². The number of amides is 1. The molecule has 0 radical (unpaired) electrons. The molecule has 0 saturated heterocycles. The van der Waals surface area contributed by atoms with Gasteiger partial charge in [0, 0.05) is 12.1 Å². The quantitative estimate of drug-likeness (QED) is 0.152. The number of nitro benzene ring substituents is 1. The highest BCUT2D eigenvalue weighted by Gasteiger charge is 2.28. The van der Waals surface area contributed by atoms with Crippen molar-refractivity contribution in [2.45, 2.75) is 60.1 Å². The number of rotatable bonds is 8. The summed E-state index contributed by atoms with van der Waals surface area (Å²) in [6.07, 6.45) is -1.81. The number of carbonyl (C=O) groups is 3. The fraction of sp³-hybridized carbons (Fsp3) is 0.571. The molecule has 1 aromatic rings. The Morgan fingerprint density at radius 3 is 2.03 bits per heavy atom. The van der Waals surface area contributed by atoms with Crippen LogP contribution in [0.1, 0.15) is 48.5 Å². The molecule has 1 unspecified atom stereocenters. The molecule has 11 heteroatoms. The van der Waals surface area contributed by atoms with E-state index in [4.69, 9.17) is 18.9 Å². The van der Waals surface area contributed by atoms with E-state index in [2.05, 4.69) is 5.32 Å². The van der Waals surface area contributed by atoms with Crippen molar-refractivity contribution in [2.24, 2.45) is 5.92 Å². The minimum atomic E-state index is -1.06. The first-order valence-electron chi connectivity index (χ1n) is 10.1. The molecule has 32 heavy (non-hydrogen) atoms. The van der Waals surface area contributed by atoms with Gasteiger partial charge >= 0.3 is 18.2 Å². The molecule has 1 N–H and O–H groups in total. The number of nitrogens with zero attached hydrogens (tertiary/aromatic N) is 1. The highest BCUT2D eigenvalue weighted by atomic mass is 16.7. The Labute approximate surface area is 187 Å². The van der Waals surface area contributed by atoms with E-state index in [9.17, 15) is 24.5 Å². The van der Waals surface area contributed by atoms with E-state index in [1.807, 2.05) is 13.8 Å². The van der Waals surface area contributed by atoms with Crippen molar-refractivity contribution in [2.75, 3.05) is 13.2 Å². The van der Waals surface area contributed by atoms with Gasteiger partial charge in [-0.1, -0.05) is 27.7 Å². The Balaban J connectivity index is 0.00000466. The lowest BCUT2D eigenvalue weighted by Crippen LogP contribution is -2.47. The van der Waals surface area contributed by atoms with Crippen LogP contribution < -0.4 is 10.1 Å². The second-order valence-corrected chi connectivity index (χ2v) is 7.49.